The molecule has 0 aromatic carbocycles. The average molecular weight is 1050 g/mol. The maximum Gasteiger partial charge on any atom is 0.305 e. The summed E-state index contributed by atoms with van der Waals surface area (Å²) in [6.45, 7) is 1.03. The molecule has 32 nitrogen and oxygen atoms in total. The standard InChI is InChI=1S/C41H75N17O15/c1-20(31(65)57-26(17-30(63)64)33(67)48-4)52-39(73)28(19-60)58-32(66)21(2)51-34(68)23(10-7-15-49-40(43)44)54-35(69)22(9-5-6-14-42)53-37(71)25(12-13-29(61)62)56-36(70)24(11-8-16-50-41(45)46)55-38(72)27(18-59)47-3/h20-28,47,59-60H,5-19,42H2,1-4H3,(H,48,67)(H,51,68)(H,52,73)(H,53,71)(H,54,69)(H,55,72)(H,56,70)(H,57,65)(H,58,66)(H,61,62)(H,63,64)(H4,43,44,49)(H4,45,46,50)/t20-,21-,22-,23-,24-,25-,26-,27-,28-/m0/s1. The molecule has 0 aliphatic carbocycles. The van der Waals surface area contributed by atoms with Gasteiger partial charge in [-0.2, -0.15) is 0 Å². The number of amides is 9. The molecule has 32 heteroatoms. The van der Waals surface area contributed by atoms with Gasteiger partial charge in [0.15, 0.2) is 11.9 Å². The molecule has 0 aromatic rings. The van der Waals surface area contributed by atoms with Gasteiger partial charge in [-0.25, -0.2) is 0 Å². The van der Waals surface area contributed by atoms with Crippen molar-refractivity contribution in [2.45, 2.75) is 132 Å². The van der Waals surface area contributed by atoms with Gasteiger partial charge in [-0.05, 0) is 78.8 Å². The van der Waals surface area contributed by atoms with Crippen molar-refractivity contribution in [3.05, 3.63) is 0 Å². The summed E-state index contributed by atoms with van der Waals surface area (Å²) in [4.78, 5) is 142. The number of nitrogens with one attached hydrogen (secondary N) is 14. The molecule has 0 fully saturated rings. The Morgan fingerprint density at radius 1 is 0.452 bits per heavy atom. The third kappa shape index (κ3) is 27.1. The van der Waals surface area contributed by atoms with Gasteiger partial charge >= 0.3 is 11.9 Å². The van der Waals surface area contributed by atoms with Crippen molar-refractivity contribution in [3.8, 4) is 0 Å². The summed E-state index contributed by atoms with van der Waals surface area (Å²) >= 11 is 0. The van der Waals surface area contributed by atoms with Crippen molar-refractivity contribution in [2.75, 3.05) is 46.9 Å². The van der Waals surface area contributed by atoms with Gasteiger partial charge in [0, 0.05) is 26.6 Å². The number of carboxylic acids is 2. The van der Waals surface area contributed by atoms with E-state index < -0.39 is 158 Å². The number of carbonyl (C=O) groups is 11. The minimum absolute atomic E-state index is 0.0344. The topological polar surface area (TPSA) is 539 Å². The maximum atomic E-state index is 14.0. The average Bonchev–Trinajstić information content (AvgIpc) is 3.32. The lowest BCUT2D eigenvalue weighted by Gasteiger charge is -2.27. The fourth-order valence-corrected chi connectivity index (χ4v) is 6.39. The summed E-state index contributed by atoms with van der Waals surface area (Å²) in [5.74, 6) is -12.1. The molecular weight excluding hydrogens is 971 g/mol. The smallest absolute Gasteiger partial charge is 0.305 e. The van der Waals surface area contributed by atoms with Crippen molar-refractivity contribution in [1.82, 2.24) is 63.8 Å². The third-order valence-electron chi connectivity index (χ3n) is 10.5. The predicted molar refractivity (Wildman–Crippen MR) is 258 cm³/mol. The number of hydrogen-bond donors (Lipinski definition) is 21. The molecule has 24 N–H and O–H groups in total. The highest BCUT2D eigenvalue weighted by atomic mass is 16.4. The van der Waals surface area contributed by atoms with Crippen molar-refractivity contribution >= 4 is 77.0 Å². The SMILES string of the molecule is CNC(=O)[C@H](CC(=O)O)NC(=O)[C@H](C)NC(=O)[C@H](CO)NC(=O)[C@H](C)NC(=O)[C@H](CCCNC(=N)N)NC(=O)[C@H](CCCCN)NC(=O)[C@H](CCC(=O)O)NC(=O)[C@H](CCCNC(=N)N)NC(=O)[C@H](CO)NC. The summed E-state index contributed by atoms with van der Waals surface area (Å²) in [7, 11) is 2.60. The van der Waals surface area contributed by atoms with E-state index in [-0.39, 0.29) is 64.1 Å². The van der Waals surface area contributed by atoms with Crippen LogP contribution in [0.1, 0.15) is 78.1 Å². The Morgan fingerprint density at radius 2 is 0.808 bits per heavy atom. The molecule has 0 saturated heterocycles. The minimum atomic E-state index is -1.71. The van der Waals surface area contributed by atoms with Crippen LogP contribution in [0.15, 0.2) is 0 Å². The van der Waals surface area contributed by atoms with Gasteiger partial charge in [-0.3, -0.25) is 63.6 Å². The van der Waals surface area contributed by atoms with Crippen molar-refractivity contribution in [1.29, 1.82) is 10.8 Å². The van der Waals surface area contributed by atoms with Gasteiger partial charge in [0.25, 0.3) is 0 Å². The lowest BCUT2D eigenvalue weighted by Crippen LogP contribution is -2.60. The molecule has 0 saturated carbocycles. The van der Waals surface area contributed by atoms with Gasteiger partial charge in [-0.15, -0.1) is 0 Å². The van der Waals surface area contributed by atoms with Crippen molar-refractivity contribution in [3.63, 3.8) is 0 Å². The highest BCUT2D eigenvalue weighted by molar-refractivity contribution is 5.98. The molecule has 0 spiro atoms. The number of aliphatic hydroxyl groups is 2. The fourth-order valence-electron chi connectivity index (χ4n) is 6.39. The van der Waals surface area contributed by atoms with Gasteiger partial charge in [0.05, 0.1) is 19.6 Å². The molecule has 0 aliphatic heterocycles. The molecule has 0 aliphatic rings. The first-order valence-corrected chi connectivity index (χ1v) is 23.2. The van der Waals surface area contributed by atoms with Gasteiger partial charge in [0.1, 0.15) is 54.4 Å². The van der Waals surface area contributed by atoms with Crippen molar-refractivity contribution < 1.29 is 73.2 Å². The summed E-state index contributed by atoms with van der Waals surface area (Å²) in [6, 6.07) is -13.1. The van der Waals surface area contributed by atoms with Crippen LogP contribution in [-0.2, 0) is 52.7 Å². The van der Waals surface area contributed by atoms with Crippen LogP contribution in [0.5, 0.6) is 0 Å². The molecule has 0 rings (SSSR count). The first kappa shape index (κ1) is 65.5. The number of likely N-dealkylation sites (N-methyl/N-ethyl adjacent to an activating group) is 2. The molecule has 0 aromatic heterocycles. The first-order chi connectivity index (χ1) is 34.3. The second-order valence-electron chi connectivity index (χ2n) is 16.4. The van der Waals surface area contributed by atoms with E-state index in [1.165, 1.54) is 27.9 Å². The minimum Gasteiger partial charge on any atom is -0.481 e. The second-order valence-corrected chi connectivity index (χ2v) is 16.4. The summed E-state index contributed by atoms with van der Waals surface area (Å²) in [6.07, 6.45) is -1.43. The number of aliphatic hydroxyl groups excluding tert-OH is 2. The van der Waals surface area contributed by atoms with Crippen LogP contribution in [-0.4, -0.2) is 199 Å². The second kappa shape index (κ2) is 35.6. The Hall–Kier alpha value is -7.45. The van der Waals surface area contributed by atoms with Gasteiger partial charge in [0.2, 0.25) is 53.2 Å². The molecule has 73 heavy (non-hydrogen) atoms. The molecule has 414 valence electrons. The molecule has 0 radical (unpaired) electrons. The predicted octanol–water partition coefficient (Wildman–Crippen LogP) is -8.78. The summed E-state index contributed by atoms with van der Waals surface area (Å²) in [5.41, 5.74) is 16.4. The largest absolute Gasteiger partial charge is 0.481 e. The number of unbranched alkanes of at least 4 members (excludes halogenated alkanes) is 1. The summed E-state index contributed by atoms with van der Waals surface area (Å²) < 4.78 is 0. The highest BCUT2D eigenvalue weighted by Crippen LogP contribution is 2.09. The Labute approximate surface area is 420 Å². The monoisotopic (exact) mass is 1050 g/mol. The summed E-state index contributed by atoms with van der Waals surface area (Å²) in [5, 5.41) is 81.7. The molecular formula is C41H75N17O15. The maximum absolute atomic E-state index is 14.0. The highest BCUT2D eigenvalue weighted by Gasteiger charge is 2.34. The zero-order valence-corrected chi connectivity index (χ0v) is 41.3. The number of guanidine groups is 2. The van der Waals surface area contributed by atoms with E-state index in [9.17, 15) is 68.1 Å². The zero-order chi connectivity index (χ0) is 55.8. The van der Waals surface area contributed by atoms with E-state index in [1.807, 2.05) is 0 Å². The van der Waals surface area contributed by atoms with Crippen LogP contribution in [0.25, 0.3) is 0 Å². The van der Waals surface area contributed by atoms with Crippen LogP contribution in [0.2, 0.25) is 0 Å². The Bertz CT molecular complexity index is 1910. The van der Waals surface area contributed by atoms with E-state index in [0.717, 1.165) is 0 Å². The lowest BCUT2D eigenvalue weighted by molar-refractivity contribution is -0.141. The van der Waals surface area contributed by atoms with Gasteiger partial charge < -0.3 is 101 Å². The van der Waals surface area contributed by atoms with Crippen LogP contribution < -0.4 is 81.0 Å². The van der Waals surface area contributed by atoms with Crippen LogP contribution in [0, 0.1) is 10.8 Å². The number of aliphatic carboxylic acids is 2. The fraction of sp³-hybridized carbons (Fsp3) is 0.683. The number of carboxylic acid groups (broad SMARTS) is 2. The lowest BCUT2D eigenvalue weighted by atomic mass is 10.0. The van der Waals surface area contributed by atoms with Gasteiger partial charge in [-0.1, -0.05) is 0 Å². The van der Waals surface area contributed by atoms with Crippen LogP contribution in [0.3, 0.4) is 0 Å². The Balaban J connectivity index is 6.47. The third-order valence-corrected chi connectivity index (χ3v) is 10.5. The number of hydrogen-bond acceptors (Lipinski definition) is 17. The van der Waals surface area contributed by atoms with Crippen LogP contribution in [0.4, 0.5) is 0 Å². The Morgan fingerprint density at radius 3 is 1.16 bits per heavy atom. The van der Waals surface area contributed by atoms with Crippen molar-refractivity contribution in [2.24, 2.45) is 17.2 Å². The first-order valence-electron chi connectivity index (χ1n) is 23.2. The molecule has 9 amide bonds. The normalized spacial score (nSPS) is 14.5. The van der Waals surface area contributed by atoms with E-state index >= 15 is 0 Å². The Kier molecular flexibility index (Phi) is 32.0. The number of rotatable bonds is 37. The number of nitrogens with two attached hydrogens (primary N) is 3. The molecule has 0 bridgehead atoms. The molecule has 0 heterocycles. The van der Waals surface area contributed by atoms with E-state index in [1.54, 1.807) is 0 Å². The zero-order valence-electron chi connectivity index (χ0n) is 41.3. The molecule has 9 atom stereocenters. The van der Waals surface area contributed by atoms with E-state index in [0.29, 0.717) is 6.42 Å². The van der Waals surface area contributed by atoms with Crippen LogP contribution >= 0.6 is 0 Å². The quantitative estimate of drug-likeness (QED) is 0.0156. The number of carbonyl (C=O) groups excluding carboxylic acids is 9. The van der Waals surface area contributed by atoms with E-state index in [4.69, 9.17) is 33.1 Å². The molecule has 0 unspecified atom stereocenters. The van der Waals surface area contributed by atoms with E-state index in [2.05, 4.69) is 63.8 Å².